The van der Waals surface area contributed by atoms with Crippen molar-refractivity contribution in [1.29, 1.82) is 0 Å². The first kappa shape index (κ1) is 12.2. The van der Waals surface area contributed by atoms with Crippen LogP contribution in [-0.2, 0) is 7.05 Å². The predicted molar refractivity (Wildman–Crippen MR) is 105 cm³/mol. The molecule has 126 valence electrons. The number of furan rings is 1. The Kier molecular flexibility index (Phi) is 2.53. The summed E-state index contributed by atoms with van der Waals surface area (Å²) in [5.41, 5.74) is 4.47. The standard InChI is InChI=1S/C23H19N2O/c1-14-8-10-18-19-12-16-6-4-5-7-17(16)13-21(19)26-23(18)22(14)20-11-9-15(2)24-25(20)3/h4-13H,1-3H3/q+1/i2D3. The smallest absolute Gasteiger partial charge is 0.242 e. The van der Waals surface area contributed by atoms with E-state index in [-0.39, 0.29) is 5.69 Å². The van der Waals surface area contributed by atoms with Crippen LogP contribution in [0, 0.1) is 13.8 Å². The molecular formula is C23H19N2O+. The summed E-state index contributed by atoms with van der Waals surface area (Å²) < 4.78 is 30.7. The first-order valence-corrected chi connectivity index (χ1v) is 8.56. The van der Waals surface area contributed by atoms with Gasteiger partial charge < -0.3 is 4.42 Å². The first-order chi connectivity index (χ1) is 13.8. The maximum absolute atomic E-state index is 7.60. The third-order valence-electron chi connectivity index (χ3n) is 4.98. The summed E-state index contributed by atoms with van der Waals surface area (Å²) in [6.07, 6.45) is 0. The summed E-state index contributed by atoms with van der Waals surface area (Å²) in [6, 6.07) is 20.0. The lowest BCUT2D eigenvalue weighted by Gasteiger charge is -2.04. The largest absolute Gasteiger partial charge is 0.455 e. The molecule has 2 heterocycles. The van der Waals surface area contributed by atoms with Gasteiger partial charge in [-0.2, -0.15) is 0 Å². The summed E-state index contributed by atoms with van der Waals surface area (Å²) in [5, 5.41) is 8.67. The predicted octanol–water partition coefficient (Wildman–Crippen LogP) is 5.24. The highest BCUT2D eigenvalue weighted by molar-refractivity contribution is 6.13. The molecule has 0 saturated heterocycles. The van der Waals surface area contributed by atoms with Gasteiger partial charge in [-0.3, -0.25) is 0 Å². The minimum Gasteiger partial charge on any atom is -0.455 e. The highest BCUT2D eigenvalue weighted by Gasteiger charge is 2.21. The van der Waals surface area contributed by atoms with E-state index in [1.54, 1.807) is 23.9 Å². The third kappa shape index (κ3) is 2.14. The Morgan fingerprint density at radius 3 is 2.54 bits per heavy atom. The molecule has 3 heteroatoms. The Labute approximate surface area is 155 Å². The number of aromatic nitrogens is 2. The molecule has 0 amide bonds. The molecule has 0 fully saturated rings. The van der Waals surface area contributed by atoms with E-state index in [1.807, 2.05) is 19.1 Å². The van der Waals surface area contributed by atoms with Crippen LogP contribution in [0.5, 0.6) is 0 Å². The zero-order chi connectivity index (χ0) is 20.3. The van der Waals surface area contributed by atoms with Crippen molar-refractivity contribution in [1.82, 2.24) is 5.10 Å². The third-order valence-corrected chi connectivity index (χ3v) is 4.98. The molecule has 2 aromatic heterocycles. The van der Waals surface area contributed by atoms with Crippen LogP contribution in [0.1, 0.15) is 15.4 Å². The van der Waals surface area contributed by atoms with Crippen LogP contribution >= 0.6 is 0 Å². The minimum atomic E-state index is -2.24. The normalized spacial score (nSPS) is 13.8. The van der Waals surface area contributed by atoms with Gasteiger partial charge in [0.15, 0.2) is 7.05 Å². The lowest BCUT2D eigenvalue weighted by atomic mass is 10.00. The molecule has 0 aliphatic rings. The van der Waals surface area contributed by atoms with E-state index < -0.39 is 6.85 Å². The van der Waals surface area contributed by atoms with Gasteiger partial charge in [0.2, 0.25) is 5.69 Å². The number of hydrogen-bond donors (Lipinski definition) is 0. The Morgan fingerprint density at radius 2 is 1.77 bits per heavy atom. The molecule has 3 aromatic carbocycles. The number of hydrogen-bond acceptors (Lipinski definition) is 2. The fourth-order valence-electron chi connectivity index (χ4n) is 3.70. The van der Waals surface area contributed by atoms with Gasteiger partial charge in [0.1, 0.15) is 16.9 Å². The molecule has 0 aliphatic heterocycles. The average Bonchev–Trinajstić information content (AvgIpc) is 3.03. The molecule has 0 radical (unpaired) electrons. The molecule has 0 saturated carbocycles. The fourth-order valence-corrected chi connectivity index (χ4v) is 3.70. The van der Waals surface area contributed by atoms with Crippen LogP contribution in [0.2, 0.25) is 0 Å². The van der Waals surface area contributed by atoms with Crippen LogP contribution < -0.4 is 4.68 Å². The Morgan fingerprint density at radius 1 is 0.962 bits per heavy atom. The monoisotopic (exact) mass is 342 g/mol. The van der Waals surface area contributed by atoms with E-state index in [1.165, 1.54) is 5.39 Å². The van der Waals surface area contributed by atoms with Gasteiger partial charge in [-0.05, 0) is 53.4 Å². The lowest BCUT2D eigenvalue weighted by molar-refractivity contribution is -0.720. The van der Waals surface area contributed by atoms with Crippen LogP contribution in [-0.4, -0.2) is 5.10 Å². The van der Waals surface area contributed by atoms with Crippen molar-refractivity contribution in [2.24, 2.45) is 7.05 Å². The van der Waals surface area contributed by atoms with E-state index in [4.69, 9.17) is 8.53 Å². The summed E-state index contributed by atoms with van der Waals surface area (Å²) in [4.78, 5) is 0. The summed E-state index contributed by atoms with van der Waals surface area (Å²) in [5.74, 6) is 0. The Hall–Kier alpha value is -3.20. The highest BCUT2D eigenvalue weighted by atomic mass is 16.3. The van der Waals surface area contributed by atoms with Crippen LogP contribution in [0.25, 0.3) is 44.0 Å². The van der Waals surface area contributed by atoms with Crippen molar-refractivity contribution in [3.8, 4) is 11.3 Å². The SMILES string of the molecule is [2H]C([2H])([2H])c1ccc(-c2c(C)ccc3c2oc2cc4ccccc4cc23)[n+](C)n1. The Balaban J connectivity index is 1.82. The van der Waals surface area contributed by atoms with Gasteiger partial charge in [0, 0.05) is 21.0 Å². The number of fused-ring (bicyclic) bond motifs is 4. The van der Waals surface area contributed by atoms with Gasteiger partial charge in [0.05, 0.1) is 5.56 Å². The molecule has 26 heavy (non-hydrogen) atoms. The van der Waals surface area contributed by atoms with E-state index in [2.05, 4.69) is 41.5 Å². The number of benzene rings is 3. The summed E-state index contributed by atoms with van der Waals surface area (Å²) >= 11 is 0. The number of rotatable bonds is 1. The topological polar surface area (TPSA) is 29.9 Å². The quantitative estimate of drug-likeness (QED) is 0.390. The van der Waals surface area contributed by atoms with E-state index in [9.17, 15) is 0 Å². The molecule has 0 aliphatic carbocycles. The van der Waals surface area contributed by atoms with E-state index >= 15 is 0 Å². The van der Waals surface area contributed by atoms with Crippen molar-refractivity contribution >= 4 is 32.7 Å². The summed E-state index contributed by atoms with van der Waals surface area (Å²) in [7, 11) is 1.76. The first-order valence-electron chi connectivity index (χ1n) is 10.1. The molecule has 3 nitrogen and oxygen atoms in total. The van der Waals surface area contributed by atoms with Crippen LogP contribution in [0.4, 0.5) is 0 Å². The summed E-state index contributed by atoms with van der Waals surface area (Å²) in [6.45, 7) is -0.215. The molecule has 0 atom stereocenters. The minimum absolute atomic E-state index is 0.0735. The van der Waals surface area contributed by atoms with Gasteiger partial charge in [0.25, 0.3) is 0 Å². The molecule has 0 unspecified atom stereocenters. The highest BCUT2D eigenvalue weighted by Crippen LogP contribution is 2.38. The number of nitrogens with zero attached hydrogens (tertiary/aromatic N) is 2. The lowest BCUT2D eigenvalue weighted by Crippen LogP contribution is -2.36. The second-order valence-electron chi connectivity index (χ2n) is 6.66. The van der Waals surface area contributed by atoms with E-state index in [0.29, 0.717) is 0 Å². The van der Waals surface area contributed by atoms with Crippen molar-refractivity contribution < 1.29 is 13.2 Å². The molecule has 5 aromatic rings. The molecule has 0 bridgehead atoms. The molecule has 5 rings (SSSR count). The van der Waals surface area contributed by atoms with Gasteiger partial charge in [-0.15, -0.1) is 0 Å². The molecular weight excluding hydrogens is 320 g/mol. The van der Waals surface area contributed by atoms with Gasteiger partial charge >= 0.3 is 0 Å². The zero-order valence-electron chi connectivity index (χ0n) is 17.6. The second-order valence-corrected chi connectivity index (χ2v) is 6.66. The van der Waals surface area contributed by atoms with Crippen molar-refractivity contribution in [3.63, 3.8) is 0 Å². The van der Waals surface area contributed by atoms with E-state index in [0.717, 1.165) is 44.1 Å². The molecule has 0 spiro atoms. The zero-order valence-corrected chi connectivity index (χ0v) is 14.6. The van der Waals surface area contributed by atoms with Crippen LogP contribution in [0.3, 0.4) is 0 Å². The maximum atomic E-state index is 7.60. The van der Waals surface area contributed by atoms with Crippen molar-refractivity contribution in [3.05, 3.63) is 71.9 Å². The maximum Gasteiger partial charge on any atom is 0.242 e. The molecule has 0 N–H and O–H groups in total. The average molecular weight is 342 g/mol. The van der Waals surface area contributed by atoms with Crippen molar-refractivity contribution in [2.75, 3.05) is 0 Å². The van der Waals surface area contributed by atoms with Gasteiger partial charge in [-0.25, -0.2) is 0 Å². The van der Waals surface area contributed by atoms with Crippen molar-refractivity contribution in [2.45, 2.75) is 13.8 Å². The van der Waals surface area contributed by atoms with Crippen LogP contribution in [0.15, 0.2) is 65.1 Å². The Bertz CT molecular complexity index is 1420. The number of aryl methyl sites for hydroxylation is 3. The fraction of sp³-hybridized carbons (Fsp3) is 0.130. The van der Waals surface area contributed by atoms with Gasteiger partial charge in [-0.1, -0.05) is 41.1 Å². The second kappa shape index (κ2) is 5.40.